The molecule has 1 aliphatic heterocycles. The molecule has 1 unspecified atom stereocenters. The molecule has 186 valence electrons. The van der Waals surface area contributed by atoms with E-state index in [1.807, 2.05) is 62.4 Å². The van der Waals surface area contributed by atoms with Gasteiger partial charge in [-0.1, -0.05) is 24.3 Å². The number of aliphatic hydroxyl groups is 1. The Balaban J connectivity index is 1.90. The van der Waals surface area contributed by atoms with Crippen LogP contribution >= 0.6 is 0 Å². The van der Waals surface area contributed by atoms with Crippen molar-refractivity contribution in [3.05, 3.63) is 94.6 Å². The zero-order valence-electron chi connectivity index (χ0n) is 21.4. The quantitative estimate of drug-likeness (QED) is 0.261. The van der Waals surface area contributed by atoms with Crippen molar-refractivity contribution in [2.24, 2.45) is 0 Å². The highest BCUT2D eigenvalue weighted by molar-refractivity contribution is 6.51. The number of aliphatic hydroxyl groups excluding tert-OH is 1. The molecule has 3 aromatic rings. The molecule has 3 aromatic carbocycles. The number of carbonyl (C=O) groups excluding carboxylic acids is 2. The number of anilines is 2. The van der Waals surface area contributed by atoms with Crippen molar-refractivity contribution in [3.63, 3.8) is 0 Å². The van der Waals surface area contributed by atoms with Crippen LogP contribution in [0.15, 0.2) is 72.3 Å². The van der Waals surface area contributed by atoms with Crippen molar-refractivity contribution in [1.82, 2.24) is 0 Å². The van der Waals surface area contributed by atoms with Gasteiger partial charge in [0.25, 0.3) is 11.7 Å². The highest BCUT2D eigenvalue weighted by atomic mass is 16.5. The third-order valence-corrected chi connectivity index (χ3v) is 6.73. The summed E-state index contributed by atoms with van der Waals surface area (Å²) >= 11 is 0. The van der Waals surface area contributed by atoms with Crippen LogP contribution in [0.1, 0.15) is 42.1 Å². The number of benzene rings is 3. The number of aryl methyl sites for hydroxylation is 2. The van der Waals surface area contributed by atoms with E-state index in [1.165, 1.54) is 4.90 Å². The van der Waals surface area contributed by atoms with Crippen molar-refractivity contribution in [3.8, 4) is 5.75 Å². The Labute approximate surface area is 212 Å². The average Bonchev–Trinajstić information content (AvgIpc) is 3.15. The van der Waals surface area contributed by atoms with Gasteiger partial charge >= 0.3 is 0 Å². The van der Waals surface area contributed by atoms with Gasteiger partial charge in [0.05, 0.1) is 18.7 Å². The molecule has 1 N–H and O–H groups in total. The largest absolute Gasteiger partial charge is 0.507 e. The van der Waals surface area contributed by atoms with Gasteiger partial charge in [-0.3, -0.25) is 14.5 Å². The maximum absolute atomic E-state index is 13.4. The van der Waals surface area contributed by atoms with Crippen LogP contribution in [0, 0.1) is 13.8 Å². The number of rotatable bonds is 7. The molecule has 1 saturated heterocycles. The summed E-state index contributed by atoms with van der Waals surface area (Å²) in [6, 6.07) is 19.8. The number of Topliss-reactive ketones (excluding diaryl/α,β-unsaturated/α-hetero) is 1. The fraction of sp³-hybridized carbons (Fsp3) is 0.267. The molecule has 0 bridgehead atoms. The molecule has 6 heteroatoms. The number of nitrogens with zero attached hydrogens (tertiary/aromatic N) is 2. The molecule has 0 aromatic heterocycles. The molecule has 0 radical (unpaired) electrons. The van der Waals surface area contributed by atoms with Gasteiger partial charge in [0, 0.05) is 30.0 Å². The number of ketones is 1. The van der Waals surface area contributed by atoms with Gasteiger partial charge in [-0.2, -0.15) is 0 Å². The summed E-state index contributed by atoms with van der Waals surface area (Å²) in [7, 11) is 1.58. The van der Waals surface area contributed by atoms with Gasteiger partial charge < -0.3 is 14.7 Å². The molecule has 0 aliphatic carbocycles. The Morgan fingerprint density at radius 3 is 2.25 bits per heavy atom. The first-order chi connectivity index (χ1) is 17.3. The minimum atomic E-state index is -0.764. The lowest BCUT2D eigenvalue weighted by Gasteiger charge is -2.27. The second-order valence-electron chi connectivity index (χ2n) is 8.96. The van der Waals surface area contributed by atoms with E-state index in [1.54, 1.807) is 25.3 Å². The van der Waals surface area contributed by atoms with Crippen LogP contribution in [0.2, 0.25) is 0 Å². The molecule has 0 spiro atoms. The topological polar surface area (TPSA) is 70.1 Å². The van der Waals surface area contributed by atoms with Crippen LogP contribution in [-0.2, 0) is 9.59 Å². The zero-order chi connectivity index (χ0) is 26.0. The van der Waals surface area contributed by atoms with Gasteiger partial charge in [0.15, 0.2) is 0 Å². The van der Waals surface area contributed by atoms with E-state index in [2.05, 4.69) is 18.7 Å². The maximum Gasteiger partial charge on any atom is 0.300 e. The number of methoxy groups -OCH3 is 1. The summed E-state index contributed by atoms with van der Waals surface area (Å²) < 4.78 is 5.34. The Kier molecular flexibility index (Phi) is 7.15. The number of hydrogen-bond acceptors (Lipinski definition) is 5. The Bertz CT molecular complexity index is 1320. The summed E-state index contributed by atoms with van der Waals surface area (Å²) in [5, 5.41) is 11.4. The minimum Gasteiger partial charge on any atom is -0.507 e. The SMILES string of the molecule is CCN(CC)c1ccc(C2/C(=C(/O)c3ccc(OC)c(C)c3)C(=O)C(=O)N2c2cccc(C)c2)cc1. The molecule has 1 fully saturated rings. The summed E-state index contributed by atoms with van der Waals surface area (Å²) in [5.41, 5.74) is 4.73. The van der Waals surface area contributed by atoms with Crippen LogP contribution in [0.4, 0.5) is 11.4 Å². The first-order valence-corrected chi connectivity index (χ1v) is 12.2. The van der Waals surface area contributed by atoms with Crippen molar-refractivity contribution >= 4 is 28.8 Å². The first-order valence-electron chi connectivity index (χ1n) is 12.2. The lowest BCUT2D eigenvalue weighted by molar-refractivity contribution is -0.132. The van der Waals surface area contributed by atoms with Crippen LogP contribution in [0.25, 0.3) is 5.76 Å². The Hall–Kier alpha value is -4.06. The third kappa shape index (κ3) is 4.47. The van der Waals surface area contributed by atoms with Crippen molar-refractivity contribution in [2.75, 3.05) is 30.0 Å². The van der Waals surface area contributed by atoms with Crippen molar-refractivity contribution < 1.29 is 19.4 Å². The van der Waals surface area contributed by atoms with Crippen LogP contribution < -0.4 is 14.5 Å². The number of ether oxygens (including phenoxy) is 1. The van der Waals surface area contributed by atoms with E-state index in [-0.39, 0.29) is 11.3 Å². The Morgan fingerprint density at radius 2 is 1.67 bits per heavy atom. The summed E-state index contributed by atoms with van der Waals surface area (Å²) in [5.74, 6) is -0.895. The van der Waals surface area contributed by atoms with E-state index < -0.39 is 17.7 Å². The number of hydrogen-bond donors (Lipinski definition) is 1. The summed E-state index contributed by atoms with van der Waals surface area (Å²) in [6.45, 7) is 9.74. The maximum atomic E-state index is 13.4. The normalized spacial score (nSPS) is 16.9. The molecule has 0 saturated carbocycles. The standard InChI is InChI=1S/C30H32N2O4/c1-6-31(7-2)23-14-11-21(12-15-23)27-26(28(33)22-13-16-25(36-5)20(4)18-22)29(34)30(35)32(27)24-10-8-9-19(3)17-24/h8-18,27,33H,6-7H2,1-5H3/b28-26-. The molecule has 6 nitrogen and oxygen atoms in total. The van der Waals surface area contributed by atoms with Crippen LogP contribution in [0.5, 0.6) is 5.75 Å². The fourth-order valence-electron chi connectivity index (χ4n) is 4.83. The molecule has 1 aliphatic rings. The predicted octanol–water partition coefficient (Wildman–Crippen LogP) is 5.78. The Morgan fingerprint density at radius 1 is 0.972 bits per heavy atom. The van der Waals surface area contributed by atoms with Crippen LogP contribution in [-0.4, -0.2) is 37.0 Å². The molecule has 1 amide bonds. The monoisotopic (exact) mass is 484 g/mol. The van der Waals surface area contributed by atoms with Gasteiger partial charge in [0.2, 0.25) is 0 Å². The molecule has 1 heterocycles. The molecular formula is C30H32N2O4. The summed E-state index contributed by atoms with van der Waals surface area (Å²) in [6.07, 6.45) is 0. The van der Waals surface area contributed by atoms with E-state index in [0.717, 1.165) is 35.5 Å². The van der Waals surface area contributed by atoms with E-state index in [4.69, 9.17) is 4.74 Å². The lowest BCUT2D eigenvalue weighted by atomic mass is 9.94. The third-order valence-electron chi connectivity index (χ3n) is 6.73. The number of carbonyl (C=O) groups is 2. The number of amides is 1. The van der Waals surface area contributed by atoms with E-state index in [0.29, 0.717) is 17.0 Å². The first kappa shape index (κ1) is 25.0. The second-order valence-corrected chi connectivity index (χ2v) is 8.96. The molecular weight excluding hydrogens is 452 g/mol. The lowest BCUT2D eigenvalue weighted by Crippen LogP contribution is -2.29. The van der Waals surface area contributed by atoms with E-state index in [9.17, 15) is 14.7 Å². The van der Waals surface area contributed by atoms with Crippen LogP contribution in [0.3, 0.4) is 0 Å². The van der Waals surface area contributed by atoms with Crippen molar-refractivity contribution in [2.45, 2.75) is 33.7 Å². The minimum absolute atomic E-state index is 0.0710. The highest BCUT2D eigenvalue weighted by Crippen LogP contribution is 2.43. The fourth-order valence-corrected chi connectivity index (χ4v) is 4.83. The second kappa shape index (κ2) is 10.3. The van der Waals surface area contributed by atoms with Gasteiger partial charge in [-0.25, -0.2) is 0 Å². The van der Waals surface area contributed by atoms with Crippen molar-refractivity contribution in [1.29, 1.82) is 0 Å². The van der Waals surface area contributed by atoms with Gasteiger partial charge in [-0.05, 0) is 86.8 Å². The molecule has 36 heavy (non-hydrogen) atoms. The average molecular weight is 485 g/mol. The predicted molar refractivity (Wildman–Crippen MR) is 144 cm³/mol. The van der Waals surface area contributed by atoms with Gasteiger partial charge in [-0.15, -0.1) is 0 Å². The molecule has 4 rings (SSSR count). The zero-order valence-corrected chi connectivity index (χ0v) is 21.4. The van der Waals surface area contributed by atoms with Gasteiger partial charge in [0.1, 0.15) is 11.5 Å². The van der Waals surface area contributed by atoms with E-state index >= 15 is 0 Å². The highest BCUT2D eigenvalue weighted by Gasteiger charge is 2.47. The molecule has 1 atom stereocenters. The summed E-state index contributed by atoms with van der Waals surface area (Å²) in [4.78, 5) is 30.5. The smallest absolute Gasteiger partial charge is 0.300 e.